The number of unbranched alkanes of at least 4 members (excludes halogenated alkanes) is 60. The van der Waals surface area contributed by atoms with Gasteiger partial charge in [-0.25, -0.2) is 0 Å². The van der Waals surface area contributed by atoms with Crippen molar-refractivity contribution in [3.63, 3.8) is 0 Å². The molecule has 0 aliphatic rings. The van der Waals surface area contributed by atoms with Gasteiger partial charge in [0.25, 0.3) is 0 Å². The van der Waals surface area contributed by atoms with E-state index in [0.29, 0.717) is 0 Å². The first kappa shape index (κ1) is 73.4. The fourth-order valence-electron chi connectivity index (χ4n) is 12.9. The summed E-state index contributed by atoms with van der Waals surface area (Å²) in [6, 6.07) is 0. The Morgan fingerprint density at radius 2 is 0.192 bits per heavy atom. The van der Waals surface area contributed by atoms with Crippen LogP contribution < -0.4 is 0 Å². The maximum atomic E-state index is 2.33. The van der Waals surface area contributed by atoms with Crippen LogP contribution in [0.3, 0.4) is 0 Å². The molecule has 0 unspecified atom stereocenters. The van der Waals surface area contributed by atoms with E-state index >= 15 is 0 Å². The topological polar surface area (TPSA) is 0 Å². The van der Waals surface area contributed by atoms with Crippen molar-refractivity contribution < 1.29 is 0 Å². The third-order valence-electron chi connectivity index (χ3n) is 18.2. The fraction of sp³-hybridized carbons (Fsp3) is 1.00. The molecule has 0 nitrogen and oxygen atoms in total. The van der Waals surface area contributed by atoms with Crippen molar-refractivity contribution in [3.05, 3.63) is 0 Å². The van der Waals surface area contributed by atoms with E-state index in [9.17, 15) is 0 Å². The third kappa shape index (κ3) is 61.5. The first-order valence-corrected chi connectivity index (χ1v) is 39.1. The van der Waals surface area contributed by atoms with E-state index in [1.54, 1.807) is 76.0 Å². The molecule has 0 aromatic carbocycles. The first-order valence-electron chi connectivity index (χ1n) is 36.2. The van der Waals surface area contributed by atoms with Gasteiger partial charge in [0.1, 0.15) is 0 Å². The van der Waals surface area contributed by atoms with E-state index in [-0.39, 0.29) is 0 Å². The Labute approximate surface area is 468 Å². The molecule has 0 N–H and O–H groups in total. The predicted octanol–water partition coefficient (Wildman–Crippen LogP) is 27.8. The van der Waals surface area contributed by atoms with Crippen molar-refractivity contribution in [1.82, 2.24) is 0 Å². The molecule has 0 heterocycles. The molecule has 442 valence electrons. The average molecular weight is 1050 g/mol. The fourth-order valence-corrected chi connectivity index (χ4v) is 18.4. The standard InChI is InChI=1S/C72H149P/c1-5-9-13-17-21-25-29-33-37-41-45-49-53-57-61-65-69-73(70-66-62-58-54-50-46-42-38-34-30-26-22-18-14-10-6-2,71-67-63-59-55-51-47-43-39-35-31-27-23-19-15-11-7-3)72-68-64-60-56-52-48-44-40-36-32-28-24-20-16-12-8-4/h73H,5-72H2,1-4H3. The van der Waals surface area contributed by atoms with Crippen LogP contribution in [0.1, 0.15) is 439 Å². The van der Waals surface area contributed by atoms with Crippen LogP contribution in [0.5, 0.6) is 0 Å². The van der Waals surface area contributed by atoms with Gasteiger partial charge in [-0.15, -0.1) is 0 Å². The van der Waals surface area contributed by atoms with Crippen LogP contribution in [0.25, 0.3) is 0 Å². The summed E-state index contributed by atoms with van der Waals surface area (Å²) in [5.41, 5.74) is 0. The van der Waals surface area contributed by atoms with Crippen molar-refractivity contribution in [3.8, 4) is 0 Å². The van der Waals surface area contributed by atoms with Crippen LogP contribution in [0.4, 0.5) is 0 Å². The van der Waals surface area contributed by atoms with E-state index < -0.39 is 7.26 Å². The molecule has 0 radical (unpaired) electrons. The van der Waals surface area contributed by atoms with Gasteiger partial charge in [-0.05, 0) is 0 Å². The van der Waals surface area contributed by atoms with Crippen molar-refractivity contribution in [2.24, 2.45) is 0 Å². The molecule has 1 heteroatoms. The molecule has 0 amide bonds. The molecule has 0 bridgehead atoms. The van der Waals surface area contributed by atoms with Gasteiger partial charge >= 0.3 is 314 Å². The second kappa shape index (κ2) is 66.7. The van der Waals surface area contributed by atoms with E-state index in [2.05, 4.69) is 27.7 Å². The monoisotopic (exact) mass is 1050 g/mol. The van der Waals surface area contributed by atoms with Gasteiger partial charge in [-0.2, -0.15) is 0 Å². The van der Waals surface area contributed by atoms with Crippen LogP contribution in [0.2, 0.25) is 0 Å². The van der Waals surface area contributed by atoms with Crippen LogP contribution >= 0.6 is 7.26 Å². The van der Waals surface area contributed by atoms with Gasteiger partial charge in [0.15, 0.2) is 0 Å². The number of rotatable bonds is 68. The molecule has 0 rings (SSSR count). The second-order valence-electron chi connectivity index (χ2n) is 25.7. The molecule has 0 saturated carbocycles. The predicted molar refractivity (Wildman–Crippen MR) is 346 cm³/mol. The summed E-state index contributed by atoms with van der Waals surface area (Å²) < 4.78 is 0. The van der Waals surface area contributed by atoms with Crippen molar-refractivity contribution in [2.75, 3.05) is 24.6 Å². The SMILES string of the molecule is CCCCCCCCCCCCCCCCCC[PH](CCCCCCCCCCCCCCCCCC)(CCCCCCCCCCCCCCCCCC)CCCCCCCCCCCCCCCCCC. The first-order chi connectivity index (χ1) is 36.2. The van der Waals surface area contributed by atoms with Crippen LogP contribution in [-0.4, -0.2) is 24.6 Å². The summed E-state index contributed by atoms with van der Waals surface area (Å²) >= 11 is 0. The van der Waals surface area contributed by atoms with Crippen molar-refractivity contribution in [1.29, 1.82) is 0 Å². The molecule has 0 aromatic heterocycles. The number of hydrogen-bond acceptors (Lipinski definition) is 0. The molecule has 0 fully saturated rings. The van der Waals surface area contributed by atoms with Gasteiger partial charge < -0.3 is 0 Å². The minimum Gasteiger partial charge on any atom is -0.0654 e. The van der Waals surface area contributed by atoms with Gasteiger partial charge in [0.05, 0.1) is 0 Å². The Hall–Kier alpha value is 0.430. The van der Waals surface area contributed by atoms with Crippen molar-refractivity contribution in [2.45, 2.75) is 439 Å². The molecule has 0 aliphatic heterocycles. The molecule has 0 atom stereocenters. The van der Waals surface area contributed by atoms with Gasteiger partial charge in [-0.1, -0.05) is 156 Å². The van der Waals surface area contributed by atoms with Gasteiger partial charge in [-0.3, -0.25) is 0 Å². The maximum absolute atomic E-state index is 2.33. The second-order valence-corrected chi connectivity index (χ2v) is 30.7. The summed E-state index contributed by atoms with van der Waals surface area (Å²) in [5, 5.41) is 0. The zero-order valence-electron chi connectivity index (χ0n) is 52.6. The van der Waals surface area contributed by atoms with E-state index in [1.807, 2.05) is 0 Å². The van der Waals surface area contributed by atoms with Crippen LogP contribution in [0, 0.1) is 0 Å². The summed E-state index contributed by atoms with van der Waals surface area (Å²) in [7, 11) is -1.22. The van der Waals surface area contributed by atoms with E-state index in [1.165, 1.54) is 360 Å². The molecule has 0 aliphatic carbocycles. The molecule has 0 aromatic rings. The van der Waals surface area contributed by atoms with E-state index in [0.717, 1.165) is 0 Å². The van der Waals surface area contributed by atoms with Gasteiger partial charge in [0, 0.05) is 0 Å². The molecule has 73 heavy (non-hydrogen) atoms. The Kier molecular flexibility index (Phi) is 67.1. The summed E-state index contributed by atoms with van der Waals surface area (Å²) in [6.45, 7) is 9.34. The zero-order chi connectivity index (χ0) is 52.6. The van der Waals surface area contributed by atoms with Crippen LogP contribution in [0.15, 0.2) is 0 Å². The molecule has 0 spiro atoms. The zero-order valence-corrected chi connectivity index (χ0v) is 53.6. The smallest absolute Gasteiger partial charge is 0.0654 e. The Bertz CT molecular complexity index is 775. The molecular formula is C72H149P. The third-order valence-corrected chi connectivity index (χ3v) is 23.9. The normalized spacial score (nSPS) is 12.2. The number of hydrogen-bond donors (Lipinski definition) is 0. The van der Waals surface area contributed by atoms with Gasteiger partial charge in [0.2, 0.25) is 0 Å². The van der Waals surface area contributed by atoms with E-state index in [4.69, 9.17) is 0 Å². The molecule has 0 saturated heterocycles. The summed E-state index contributed by atoms with van der Waals surface area (Å²) in [4.78, 5) is 0. The Balaban J connectivity index is 4.96. The quantitative estimate of drug-likeness (QED) is 0.0421. The summed E-state index contributed by atoms with van der Waals surface area (Å²) in [5.74, 6) is 0. The average Bonchev–Trinajstić information content (AvgIpc) is 3.40. The Morgan fingerprint density at radius 1 is 0.110 bits per heavy atom. The Morgan fingerprint density at radius 3 is 0.288 bits per heavy atom. The summed E-state index contributed by atoms with van der Waals surface area (Å²) in [6.07, 6.45) is 103. The van der Waals surface area contributed by atoms with Crippen LogP contribution in [-0.2, 0) is 0 Å². The minimum atomic E-state index is -1.22. The van der Waals surface area contributed by atoms with Crippen molar-refractivity contribution >= 4 is 7.26 Å². The minimum absolute atomic E-state index is 1.22. The molecular weight excluding hydrogens is 896 g/mol.